The van der Waals surface area contributed by atoms with Crippen molar-refractivity contribution in [3.05, 3.63) is 29.8 Å². The van der Waals surface area contributed by atoms with E-state index in [9.17, 15) is 13.2 Å². The highest BCUT2D eigenvalue weighted by atomic mass is 32.2. The van der Waals surface area contributed by atoms with Crippen LogP contribution in [0, 0.1) is 5.92 Å². The quantitative estimate of drug-likeness (QED) is 0.766. The molecule has 0 N–H and O–H groups in total. The highest BCUT2D eigenvalue weighted by Crippen LogP contribution is 2.27. The van der Waals surface area contributed by atoms with Crippen LogP contribution in [0.3, 0.4) is 0 Å². The van der Waals surface area contributed by atoms with Crippen LogP contribution in [0.25, 0.3) is 0 Å². The molecule has 1 aromatic carbocycles. The Balaban J connectivity index is 1.97. The molecular formula is C17H26N2O3S. The van der Waals surface area contributed by atoms with Gasteiger partial charge in [0.15, 0.2) is 0 Å². The van der Waals surface area contributed by atoms with Crippen molar-refractivity contribution in [3.8, 4) is 0 Å². The predicted molar refractivity (Wildman–Crippen MR) is 93.0 cm³/mol. The minimum Gasteiger partial charge on any atom is -0.312 e. The molecule has 0 spiro atoms. The van der Waals surface area contributed by atoms with Gasteiger partial charge in [-0.25, -0.2) is 12.7 Å². The van der Waals surface area contributed by atoms with E-state index in [0.29, 0.717) is 19.0 Å². The van der Waals surface area contributed by atoms with Crippen LogP contribution >= 0.6 is 0 Å². The SMILES string of the molecule is CC(C)CCN(CCC(=O)N1CCc2ccccc21)S(C)(=O)=O. The summed E-state index contributed by atoms with van der Waals surface area (Å²) in [7, 11) is -3.28. The van der Waals surface area contributed by atoms with Crippen molar-refractivity contribution in [2.24, 2.45) is 5.92 Å². The van der Waals surface area contributed by atoms with Crippen LogP contribution in [0.4, 0.5) is 5.69 Å². The Morgan fingerprint density at radius 1 is 1.26 bits per heavy atom. The Morgan fingerprint density at radius 2 is 1.96 bits per heavy atom. The van der Waals surface area contributed by atoms with Crippen LogP contribution in [-0.2, 0) is 21.2 Å². The zero-order valence-corrected chi connectivity index (χ0v) is 15.0. The number of fused-ring (bicyclic) bond motifs is 1. The molecule has 23 heavy (non-hydrogen) atoms. The average Bonchev–Trinajstić information content (AvgIpc) is 2.89. The van der Waals surface area contributed by atoms with Crippen molar-refractivity contribution in [3.63, 3.8) is 0 Å². The van der Waals surface area contributed by atoms with E-state index < -0.39 is 10.0 Å². The van der Waals surface area contributed by atoms with Gasteiger partial charge in [-0.1, -0.05) is 32.0 Å². The highest BCUT2D eigenvalue weighted by Gasteiger charge is 2.25. The summed E-state index contributed by atoms with van der Waals surface area (Å²) in [6, 6.07) is 7.89. The summed E-state index contributed by atoms with van der Waals surface area (Å²) in [5, 5.41) is 0. The van der Waals surface area contributed by atoms with Crippen LogP contribution in [0.1, 0.15) is 32.3 Å². The van der Waals surface area contributed by atoms with Crippen LogP contribution in [0.2, 0.25) is 0 Å². The summed E-state index contributed by atoms with van der Waals surface area (Å²) in [5.41, 5.74) is 2.14. The number of carbonyl (C=O) groups is 1. The Bertz CT molecular complexity index is 656. The van der Waals surface area contributed by atoms with Crippen LogP contribution in [0.5, 0.6) is 0 Å². The van der Waals surface area contributed by atoms with Crippen molar-refractivity contribution < 1.29 is 13.2 Å². The Kier molecular flexibility index (Phi) is 5.81. The summed E-state index contributed by atoms with van der Waals surface area (Å²) >= 11 is 0. The van der Waals surface area contributed by atoms with Gasteiger partial charge in [-0.15, -0.1) is 0 Å². The van der Waals surface area contributed by atoms with Gasteiger partial charge in [-0.05, 0) is 30.4 Å². The molecule has 0 unspecified atom stereocenters. The lowest BCUT2D eigenvalue weighted by molar-refractivity contribution is -0.118. The molecule has 0 fully saturated rings. The number of amides is 1. The molecular weight excluding hydrogens is 312 g/mol. The first-order valence-electron chi connectivity index (χ1n) is 8.12. The lowest BCUT2D eigenvalue weighted by atomic mass is 10.1. The second-order valence-electron chi connectivity index (χ2n) is 6.52. The number of hydrogen-bond acceptors (Lipinski definition) is 3. The van der Waals surface area contributed by atoms with Gasteiger partial charge >= 0.3 is 0 Å². The van der Waals surface area contributed by atoms with Crippen LogP contribution in [-0.4, -0.2) is 44.5 Å². The van der Waals surface area contributed by atoms with E-state index in [1.165, 1.54) is 16.1 Å². The van der Waals surface area contributed by atoms with Crippen LogP contribution in [0.15, 0.2) is 24.3 Å². The van der Waals surface area contributed by atoms with Crippen molar-refractivity contribution in [1.82, 2.24) is 4.31 Å². The molecule has 1 aromatic rings. The maximum Gasteiger partial charge on any atom is 0.228 e. The van der Waals surface area contributed by atoms with Gasteiger partial charge < -0.3 is 4.90 Å². The zero-order valence-electron chi connectivity index (χ0n) is 14.2. The molecule has 0 aliphatic carbocycles. The fourth-order valence-corrected chi connectivity index (χ4v) is 3.66. The smallest absolute Gasteiger partial charge is 0.228 e. The van der Waals surface area contributed by atoms with Gasteiger partial charge in [0.1, 0.15) is 0 Å². The van der Waals surface area contributed by atoms with Gasteiger partial charge in [0, 0.05) is 31.7 Å². The maximum atomic E-state index is 12.5. The van der Waals surface area contributed by atoms with Crippen molar-refractivity contribution in [1.29, 1.82) is 0 Å². The fourth-order valence-electron chi connectivity index (χ4n) is 2.80. The molecule has 0 saturated carbocycles. The van der Waals surface area contributed by atoms with E-state index >= 15 is 0 Å². The van der Waals surface area contributed by atoms with Crippen molar-refractivity contribution in [2.75, 3.05) is 30.8 Å². The summed E-state index contributed by atoms with van der Waals surface area (Å²) in [5.74, 6) is 0.425. The second-order valence-corrected chi connectivity index (χ2v) is 8.50. The first-order chi connectivity index (χ1) is 10.8. The first-order valence-corrected chi connectivity index (χ1v) is 9.97. The molecule has 0 atom stereocenters. The standard InChI is InChI=1S/C17H26N2O3S/c1-14(2)8-11-18(23(3,21)22)12-10-17(20)19-13-9-15-6-4-5-7-16(15)19/h4-7,14H,8-13H2,1-3H3. The monoisotopic (exact) mass is 338 g/mol. The van der Waals surface area contributed by atoms with E-state index in [4.69, 9.17) is 0 Å². The van der Waals surface area contributed by atoms with Gasteiger partial charge in [-0.3, -0.25) is 4.79 Å². The van der Waals surface area contributed by atoms with E-state index in [1.807, 2.05) is 24.3 Å². The Hall–Kier alpha value is -1.40. The molecule has 2 rings (SSSR count). The highest BCUT2D eigenvalue weighted by molar-refractivity contribution is 7.88. The maximum absolute atomic E-state index is 12.5. The molecule has 1 heterocycles. The molecule has 0 aromatic heterocycles. The van der Waals surface area contributed by atoms with E-state index in [1.54, 1.807) is 4.90 Å². The van der Waals surface area contributed by atoms with Crippen LogP contribution < -0.4 is 4.90 Å². The van der Waals surface area contributed by atoms with Gasteiger partial charge in [0.25, 0.3) is 0 Å². The predicted octanol–water partition coefficient (Wildman–Crippen LogP) is 2.27. The Morgan fingerprint density at radius 3 is 2.61 bits per heavy atom. The molecule has 5 nitrogen and oxygen atoms in total. The van der Waals surface area contributed by atoms with E-state index in [-0.39, 0.29) is 18.9 Å². The third-order valence-corrected chi connectivity index (χ3v) is 5.49. The number of para-hydroxylation sites is 1. The average molecular weight is 338 g/mol. The molecule has 6 heteroatoms. The number of benzene rings is 1. The van der Waals surface area contributed by atoms with E-state index in [0.717, 1.165) is 18.5 Å². The van der Waals surface area contributed by atoms with Gasteiger partial charge in [-0.2, -0.15) is 0 Å². The number of nitrogens with zero attached hydrogens (tertiary/aromatic N) is 2. The molecule has 0 radical (unpaired) electrons. The second kappa shape index (κ2) is 7.45. The number of carbonyl (C=O) groups excluding carboxylic acids is 1. The lowest BCUT2D eigenvalue weighted by Crippen LogP contribution is -2.37. The molecule has 128 valence electrons. The third kappa shape index (κ3) is 4.78. The summed E-state index contributed by atoms with van der Waals surface area (Å²) in [6.45, 7) is 5.53. The van der Waals surface area contributed by atoms with Gasteiger partial charge in [0.05, 0.1) is 6.26 Å². The summed E-state index contributed by atoms with van der Waals surface area (Å²) < 4.78 is 25.2. The molecule has 0 bridgehead atoms. The number of sulfonamides is 1. The van der Waals surface area contributed by atoms with E-state index in [2.05, 4.69) is 13.8 Å². The van der Waals surface area contributed by atoms with Crippen molar-refractivity contribution in [2.45, 2.75) is 33.1 Å². The number of hydrogen-bond donors (Lipinski definition) is 0. The van der Waals surface area contributed by atoms with Crippen molar-refractivity contribution >= 4 is 21.6 Å². The first kappa shape index (κ1) is 17.9. The minimum atomic E-state index is -3.28. The molecule has 1 aliphatic rings. The third-order valence-electron chi connectivity index (χ3n) is 4.19. The molecule has 1 amide bonds. The summed E-state index contributed by atoms with van der Waals surface area (Å²) in [6.07, 6.45) is 3.10. The number of anilines is 1. The summed E-state index contributed by atoms with van der Waals surface area (Å²) in [4.78, 5) is 14.3. The molecule has 1 aliphatic heterocycles. The largest absolute Gasteiger partial charge is 0.312 e. The zero-order chi connectivity index (χ0) is 17.0. The lowest BCUT2D eigenvalue weighted by Gasteiger charge is -2.23. The van der Waals surface area contributed by atoms with Gasteiger partial charge in [0.2, 0.25) is 15.9 Å². The fraction of sp³-hybridized carbons (Fsp3) is 0.588. The Labute approximate surface area is 139 Å². The normalized spacial score (nSPS) is 14.6. The minimum absolute atomic E-state index is 0.00635. The topological polar surface area (TPSA) is 57.7 Å². The molecule has 0 saturated heterocycles. The number of rotatable bonds is 7.